The summed E-state index contributed by atoms with van der Waals surface area (Å²) in [6, 6.07) is 0. The van der Waals surface area contributed by atoms with Gasteiger partial charge in [-0.1, -0.05) is 12.8 Å². The van der Waals surface area contributed by atoms with E-state index in [0.29, 0.717) is 6.42 Å². The van der Waals surface area contributed by atoms with Crippen LogP contribution in [0.4, 0.5) is 0 Å². The van der Waals surface area contributed by atoms with Crippen molar-refractivity contribution in [1.29, 1.82) is 0 Å². The van der Waals surface area contributed by atoms with Gasteiger partial charge in [0, 0.05) is 6.61 Å². The fourth-order valence-electron chi connectivity index (χ4n) is 2.73. The number of carbonyl (C=O) groups is 1. The first-order chi connectivity index (χ1) is 7.74. The van der Waals surface area contributed by atoms with E-state index >= 15 is 0 Å². The zero-order valence-corrected chi connectivity index (χ0v) is 9.71. The van der Waals surface area contributed by atoms with Crippen molar-refractivity contribution in [2.24, 2.45) is 0 Å². The lowest BCUT2D eigenvalue weighted by Crippen LogP contribution is -2.49. The molecule has 2 N–H and O–H groups in total. The summed E-state index contributed by atoms with van der Waals surface area (Å²) in [5.74, 6) is 0.0304. The van der Waals surface area contributed by atoms with Gasteiger partial charge in [-0.05, 0) is 25.7 Å². The average molecular weight is 227 g/mol. The summed E-state index contributed by atoms with van der Waals surface area (Å²) in [4.78, 5) is 11.8. The topological polar surface area (TPSA) is 58.6 Å². The Bertz CT molecular complexity index is 243. The molecule has 1 aliphatic carbocycles. The van der Waals surface area contributed by atoms with Gasteiger partial charge in [0.2, 0.25) is 5.91 Å². The number of amides is 1. The maximum Gasteiger partial charge on any atom is 0.223 e. The lowest BCUT2D eigenvalue weighted by Gasteiger charge is -2.28. The molecule has 4 heteroatoms. The van der Waals surface area contributed by atoms with Crippen LogP contribution in [0.2, 0.25) is 0 Å². The molecule has 4 nitrogen and oxygen atoms in total. The molecule has 1 unspecified atom stereocenters. The van der Waals surface area contributed by atoms with Crippen molar-refractivity contribution in [2.75, 3.05) is 13.2 Å². The van der Waals surface area contributed by atoms with Gasteiger partial charge in [-0.15, -0.1) is 0 Å². The van der Waals surface area contributed by atoms with Crippen molar-refractivity contribution < 1.29 is 14.6 Å². The third kappa shape index (κ3) is 2.74. The standard InChI is InChI=1S/C12H21NO3/c14-9-12(5-1-2-6-12)13-11(15)8-10-4-3-7-16-10/h10,14H,1-9H2,(H,13,15). The molecule has 1 heterocycles. The van der Waals surface area contributed by atoms with E-state index in [9.17, 15) is 9.90 Å². The number of carbonyl (C=O) groups excluding carboxylic acids is 1. The predicted molar refractivity (Wildman–Crippen MR) is 60.0 cm³/mol. The second-order valence-corrected chi connectivity index (χ2v) is 5.03. The molecule has 2 rings (SSSR count). The maximum absolute atomic E-state index is 11.8. The molecule has 1 saturated carbocycles. The molecule has 92 valence electrons. The molecule has 1 aliphatic heterocycles. The molecule has 0 aromatic rings. The third-order valence-electron chi connectivity index (χ3n) is 3.70. The molecular formula is C12H21NO3. The van der Waals surface area contributed by atoms with Gasteiger partial charge >= 0.3 is 0 Å². The van der Waals surface area contributed by atoms with Gasteiger partial charge in [-0.2, -0.15) is 0 Å². The minimum absolute atomic E-state index is 0.0304. The quantitative estimate of drug-likeness (QED) is 0.752. The largest absolute Gasteiger partial charge is 0.394 e. The monoisotopic (exact) mass is 227 g/mol. The van der Waals surface area contributed by atoms with Crippen molar-refractivity contribution in [3.05, 3.63) is 0 Å². The van der Waals surface area contributed by atoms with Crippen molar-refractivity contribution >= 4 is 5.91 Å². The van der Waals surface area contributed by atoms with Crippen LogP contribution in [-0.2, 0) is 9.53 Å². The van der Waals surface area contributed by atoms with Crippen LogP contribution in [0.25, 0.3) is 0 Å². The van der Waals surface area contributed by atoms with Crippen LogP contribution in [0.1, 0.15) is 44.9 Å². The van der Waals surface area contributed by atoms with Crippen molar-refractivity contribution in [3.8, 4) is 0 Å². The Morgan fingerprint density at radius 1 is 1.38 bits per heavy atom. The Balaban J connectivity index is 1.80. The first-order valence-electron chi connectivity index (χ1n) is 6.28. The SMILES string of the molecule is O=C(CC1CCCO1)NC1(CO)CCCC1. The molecule has 1 saturated heterocycles. The lowest BCUT2D eigenvalue weighted by atomic mass is 9.98. The van der Waals surface area contributed by atoms with Gasteiger partial charge in [0.05, 0.1) is 24.7 Å². The summed E-state index contributed by atoms with van der Waals surface area (Å²) in [5, 5.41) is 12.4. The fraction of sp³-hybridized carbons (Fsp3) is 0.917. The van der Waals surface area contributed by atoms with Gasteiger partial charge in [-0.25, -0.2) is 0 Å². The summed E-state index contributed by atoms with van der Waals surface area (Å²) in [6.45, 7) is 0.841. The number of aliphatic hydroxyl groups is 1. The van der Waals surface area contributed by atoms with Crippen molar-refractivity contribution in [3.63, 3.8) is 0 Å². The second-order valence-electron chi connectivity index (χ2n) is 5.03. The number of hydrogen-bond acceptors (Lipinski definition) is 3. The molecule has 0 aromatic carbocycles. The molecule has 0 radical (unpaired) electrons. The van der Waals surface area contributed by atoms with Gasteiger partial charge in [0.25, 0.3) is 0 Å². The Morgan fingerprint density at radius 2 is 2.12 bits per heavy atom. The molecule has 0 spiro atoms. The van der Waals surface area contributed by atoms with Crippen molar-refractivity contribution in [2.45, 2.75) is 56.6 Å². The van der Waals surface area contributed by atoms with E-state index in [2.05, 4.69) is 5.32 Å². The summed E-state index contributed by atoms with van der Waals surface area (Å²) in [6.07, 6.45) is 6.59. The highest BCUT2D eigenvalue weighted by Gasteiger charge is 2.35. The molecule has 0 bridgehead atoms. The van der Waals surface area contributed by atoms with Crippen molar-refractivity contribution in [1.82, 2.24) is 5.32 Å². The van der Waals surface area contributed by atoms with Crippen LogP contribution in [-0.4, -0.2) is 35.9 Å². The van der Waals surface area contributed by atoms with E-state index in [0.717, 1.165) is 45.1 Å². The zero-order chi connectivity index (χ0) is 11.4. The maximum atomic E-state index is 11.8. The zero-order valence-electron chi connectivity index (χ0n) is 9.71. The molecule has 1 atom stereocenters. The Morgan fingerprint density at radius 3 is 2.69 bits per heavy atom. The van der Waals surface area contributed by atoms with Crippen LogP contribution in [0.3, 0.4) is 0 Å². The first-order valence-corrected chi connectivity index (χ1v) is 6.28. The van der Waals surface area contributed by atoms with E-state index in [4.69, 9.17) is 4.74 Å². The summed E-state index contributed by atoms with van der Waals surface area (Å²) in [5.41, 5.74) is -0.338. The molecule has 0 aromatic heterocycles. The minimum atomic E-state index is -0.338. The number of hydrogen-bond donors (Lipinski definition) is 2. The van der Waals surface area contributed by atoms with Gasteiger partial charge in [0.15, 0.2) is 0 Å². The van der Waals surface area contributed by atoms with E-state index in [1.54, 1.807) is 0 Å². The first kappa shape index (κ1) is 11.9. The van der Waals surface area contributed by atoms with Crippen LogP contribution in [0, 0.1) is 0 Å². The van der Waals surface area contributed by atoms with Crippen LogP contribution >= 0.6 is 0 Å². The molecule has 16 heavy (non-hydrogen) atoms. The average Bonchev–Trinajstić information content (AvgIpc) is 2.90. The molecule has 2 aliphatic rings. The summed E-state index contributed by atoms with van der Waals surface area (Å²) < 4.78 is 5.43. The number of nitrogens with one attached hydrogen (secondary N) is 1. The van der Waals surface area contributed by atoms with E-state index in [1.165, 1.54) is 0 Å². The highest BCUT2D eigenvalue weighted by atomic mass is 16.5. The van der Waals surface area contributed by atoms with Crippen LogP contribution in [0.5, 0.6) is 0 Å². The molecule has 1 amide bonds. The highest BCUT2D eigenvalue weighted by Crippen LogP contribution is 2.29. The van der Waals surface area contributed by atoms with Crippen LogP contribution in [0.15, 0.2) is 0 Å². The van der Waals surface area contributed by atoms with E-state index < -0.39 is 0 Å². The van der Waals surface area contributed by atoms with Gasteiger partial charge < -0.3 is 15.2 Å². The minimum Gasteiger partial charge on any atom is -0.394 e. The summed E-state index contributed by atoms with van der Waals surface area (Å²) >= 11 is 0. The van der Waals surface area contributed by atoms with E-state index in [1.807, 2.05) is 0 Å². The Hall–Kier alpha value is -0.610. The fourth-order valence-corrected chi connectivity index (χ4v) is 2.73. The molecule has 2 fully saturated rings. The smallest absolute Gasteiger partial charge is 0.223 e. The van der Waals surface area contributed by atoms with E-state index in [-0.39, 0.29) is 24.2 Å². The lowest BCUT2D eigenvalue weighted by molar-refractivity contribution is -0.125. The number of aliphatic hydroxyl groups excluding tert-OH is 1. The second kappa shape index (κ2) is 5.15. The number of rotatable bonds is 4. The third-order valence-corrected chi connectivity index (χ3v) is 3.70. The Kier molecular flexibility index (Phi) is 3.82. The normalized spacial score (nSPS) is 28.2. The summed E-state index contributed by atoms with van der Waals surface area (Å²) in [7, 11) is 0. The van der Waals surface area contributed by atoms with Crippen LogP contribution < -0.4 is 5.32 Å². The predicted octanol–water partition coefficient (Wildman–Crippen LogP) is 0.977. The van der Waals surface area contributed by atoms with Gasteiger partial charge in [0.1, 0.15) is 0 Å². The highest BCUT2D eigenvalue weighted by molar-refractivity contribution is 5.77. The Labute approximate surface area is 96.4 Å². The molecular weight excluding hydrogens is 206 g/mol. The number of ether oxygens (including phenoxy) is 1. The van der Waals surface area contributed by atoms with Gasteiger partial charge in [-0.3, -0.25) is 4.79 Å².